The van der Waals surface area contributed by atoms with Gasteiger partial charge < -0.3 is 10.0 Å². The molecular weight excluding hydrogens is 166 g/mol. The SMILES string of the molecule is C#CC1CC(=O)N(CC(C)(C)O)C1. The fourth-order valence-corrected chi connectivity index (χ4v) is 1.50. The number of nitrogens with zero attached hydrogens (tertiary/aromatic N) is 1. The molecule has 0 aromatic rings. The molecule has 1 rings (SSSR count). The summed E-state index contributed by atoms with van der Waals surface area (Å²) in [6.45, 7) is 4.32. The highest BCUT2D eigenvalue weighted by Crippen LogP contribution is 2.18. The van der Waals surface area contributed by atoms with E-state index in [9.17, 15) is 9.90 Å². The molecule has 1 aliphatic heterocycles. The minimum absolute atomic E-state index is 0.0230. The van der Waals surface area contributed by atoms with Crippen molar-refractivity contribution < 1.29 is 9.90 Å². The Balaban J connectivity index is 2.55. The molecule has 1 N–H and O–H groups in total. The predicted molar refractivity (Wildman–Crippen MR) is 49.8 cm³/mol. The van der Waals surface area contributed by atoms with Crippen LogP contribution in [0.4, 0.5) is 0 Å². The lowest BCUT2D eigenvalue weighted by Gasteiger charge is -2.25. The molecule has 1 heterocycles. The number of aliphatic hydroxyl groups is 1. The monoisotopic (exact) mass is 181 g/mol. The summed E-state index contributed by atoms with van der Waals surface area (Å²) in [6.07, 6.45) is 5.65. The summed E-state index contributed by atoms with van der Waals surface area (Å²) in [5.41, 5.74) is -0.834. The fraction of sp³-hybridized carbons (Fsp3) is 0.700. The largest absolute Gasteiger partial charge is 0.389 e. The van der Waals surface area contributed by atoms with Gasteiger partial charge in [-0.3, -0.25) is 4.79 Å². The number of hydrogen-bond acceptors (Lipinski definition) is 2. The number of likely N-dealkylation sites (tertiary alicyclic amines) is 1. The first-order valence-electron chi connectivity index (χ1n) is 4.38. The first kappa shape index (κ1) is 10.1. The zero-order valence-electron chi connectivity index (χ0n) is 8.08. The normalized spacial score (nSPS) is 23.4. The highest BCUT2D eigenvalue weighted by Gasteiger charge is 2.31. The zero-order valence-corrected chi connectivity index (χ0v) is 8.08. The number of rotatable bonds is 2. The van der Waals surface area contributed by atoms with Gasteiger partial charge in [0.2, 0.25) is 5.91 Å². The Labute approximate surface area is 78.7 Å². The second-order valence-electron chi connectivity index (χ2n) is 4.15. The molecule has 0 aromatic carbocycles. The standard InChI is InChI=1S/C10H15NO2/c1-4-8-5-9(12)11(6-8)7-10(2,3)13/h1,8,13H,5-7H2,2-3H3. The molecule has 1 fully saturated rings. The van der Waals surface area contributed by atoms with E-state index >= 15 is 0 Å². The molecule has 1 aliphatic rings. The Morgan fingerprint density at radius 1 is 1.77 bits per heavy atom. The van der Waals surface area contributed by atoms with Crippen LogP contribution in [0, 0.1) is 18.3 Å². The van der Waals surface area contributed by atoms with Crippen LogP contribution in [-0.2, 0) is 4.79 Å². The van der Waals surface area contributed by atoms with Crippen molar-refractivity contribution in [3.05, 3.63) is 0 Å². The second-order valence-corrected chi connectivity index (χ2v) is 4.15. The van der Waals surface area contributed by atoms with Gasteiger partial charge in [-0.25, -0.2) is 0 Å². The van der Waals surface area contributed by atoms with Gasteiger partial charge in [0, 0.05) is 25.4 Å². The Morgan fingerprint density at radius 3 is 2.77 bits per heavy atom. The highest BCUT2D eigenvalue weighted by molar-refractivity contribution is 5.79. The van der Waals surface area contributed by atoms with E-state index in [1.54, 1.807) is 18.7 Å². The molecule has 0 aromatic heterocycles. The van der Waals surface area contributed by atoms with Gasteiger partial charge >= 0.3 is 0 Å². The van der Waals surface area contributed by atoms with Crippen molar-refractivity contribution in [3.8, 4) is 12.3 Å². The van der Waals surface area contributed by atoms with Crippen LogP contribution in [0.5, 0.6) is 0 Å². The Hall–Kier alpha value is -1.01. The van der Waals surface area contributed by atoms with Crippen molar-refractivity contribution in [2.24, 2.45) is 5.92 Å². The van der Waals surface area contributed by atoms with Gasteiger partial charge in [0.05, 0.1) is 5.60 Å². The summed E-state index contributed by atoms with van der Waals surface area (Å²) in [6, 6.07) is 0. The molecule has 0 saturated carbocycles. The van der Waals surface area contributed by atoms with Gasteiger partial charge in [-0.2, -0.15) is 0 Å². The predicted octanol–water partition coefficient (Wildman–Crippen LogP) is 0.239. The van der Waals surface area contributed by atoms with Crippen LogP contribution in [0.3, 0.4) is 0 Å². The first-order chi connectivity index (χ1) is 5.92. The van der Waals surface area contributed by atoms with Crippen molar-refractivity contribution in [1.29, 1.82) is 0 Å². The van der Waals surface area contributed by atoms with E-state index in [1.165, 1.54) is 0 Å². The quantitative estimate of drug-likeness (QED) is 0.620. The second kappa shape index (κ2) is 3.39. The summed E-state index contributed by atoms with van der Waals surface area (Å²) >= 11 is 0. The molecule has 0 bridgehead atoms. The van der Waals surface area contributed by atoms with Gasteiger partial charge in [-0.15, -0.1) is 12.3 Å². The number of carbonyl (C=O) groups is 1. The van der Waals surface area contributed by atoms with E-state index in [2.05, 4.69) is 5.92 Å². The lowest BCUT2D eigenvalue weighted by Crippen LogP contribution is -2.39. The molecule has 3 heteroatoms. The number of amides is 1. The summed E-state index contributed by atoms with van der Waals surface area (Å²) in [4.78, 5) is 13.0. The van der Waals surface area contributed by atoms with Gasteiger partial charge in [0.15, 0.2) is 0 Å². The summed E-state index contributed by atoms with van der Waals surface area (Å²) in [5, 5.41) is 9.51. The third kappa shape index (κ3) is 2.74. The summed E-state index contributed by atoms with van der Waals surface area (Å²) in [7, 11) is 0. The zero-order chi connectivity index (χ0) is 10.1. The van der Waals surface area contributed by atoms with E-state index in [-0.39, 0.29) is 11.8 Å². The van der Waals surface area contributed by atoms with Crippen LogP contribution in [0.1, 0.15) is 20.3 Å². The maximum Gasteiger partial charge on any atom is 0.224 e. The smallest absolute Gasteiger partial charge is 0.224 e. The lowest BCUT2D eigenvalue weighted by atomic mass is 10.1. The van der Waals surface area contributed by atoms with Crippen molar-refractivity contribution in [2.45, 2.75) is 25.9 Å². The van der Waals surface area contributed by atoms with Crippen molar-refractivity contribution >= 4 is 5.91 Å². The number of terminal acetylenes is 1. The van der Waals surface area contributed by atoms with E-state index in [1.807, 2.05) is 0 Å². The molecule has 0 radical (unpaired) electrons. The summed E-state index contributed by atoms with van der Waals surface area (Å²) < 4.78 is 0. The number of β-amino-alcohol motifs (C(OH)–C–C–N with tert-alkyl or cyclic N) is 1. The molecule has 13 heavy (non-hydrogen) atoms. The van der Waals surface area contributed by atoms with Gasteiger partial charge in [0.25, 0.3) is 0 Å². The van der Waals surface area contributed by atoms with Crippen LogP contribution >= 0.6 is 0 Å². The average Bonchev–Trinajstić information content (AvgIpc) is 2.29. The number of hydrogen-bond donors (Lipinski definition) is 1. The number of carbonyl (C=O) groups excluding carboxylic acids is 1. The van der Waals surface area contributed by atoms with Crippen LogP contribution < -0.4 is 0 Å². The maximum absolute atomic E-state index is 11.3. The van der Waals surface area contributed by atoms with Crippen molar-refractivity contribution in [1.82, 2.24) is 4.90 Å². The topological polar surface area (TPSA) is 40.5 Å². The van der Waals surface area contributed by atoms with Crippen LogP contribution in [0.2, 0.25) is 0 Å². The molecule has 1 amide bonds. The van der Waals surface area contributed by atoms with E-state index in [4.69, 9.17) is 6.42 Å². The van der Waals surface area contributed by atoms with Crippen molar-refractivity contribution in [3.63, 3.8) is 0 Å². The molecule has 1 unspecified atom stereocenters. The van der Waals surface area contributed by atoms with Crippen molar-refractivity contribution in [2.75, 3.05) is 13.1 Å². The van der Waals surface area contributed by atoms with E-state index in [0.29, 0.717) is 19.5 Å². The molecular formula is C10H15NO2. The average molecular weight is 181 g/mol. The van der Waals surface area contributed by atoms with Gasteiger partial charge in [0.1, 0.15) is 0 Å². The van der Waals surface area contributed by atoms with Gasteiger partial charge in [-0.1, -0.05) is 0 Å². The molecule has 3 nitrogen and oxygen atoms in total. The molecule has 72 valence electrons. The Morgan fingerprint density at radius 2 is 2.38 bits per heavy atom. The van der Waals surface area contributed by atoms with Crippen LogP contribution in [-0.4, -0.2) is 34.6 Å². The third-order valence-corrected chi connectivity index (χ3v) is 2.03. The van der Waals surface area contributed by atoms with Gasteiger partial charge in [-0.05, 0) is 13.8 Å². The summed E-state index contributed by atoms with van der Waals surface area (Å²) in [5.74, 6) is 2.64. The van der Waals surface area contributed by atoms with E-state index in [0.717, 1.165) is 0 Å². The maximum atomic E-state index is 11.3. The van der Waals surface area contributed by atoms with Crippen LogP contribution in [0.25, 0.3) is 0 Å². The molecule has 0 aliphatic carbocycles. The van der Waals surface area contributed by atoms with E-state index < -0.39 is 5.60 Å². The Bertz CT molecular complexity index is 247. The minimum Gasteiger partial charge on any atom is -0.389 e. The Kier molecular flexibility index (Phi) is 2.63. The molecule has 1 saturated heterocycles. The third-order valence-electron chi connectivity index (χ3n) is 2.03. The van der Waals surface area contributed by atoms with Crippen LogP contribution in [0.15, 0.2) is 0 Å². The highest BCUT2D eigenvalue weighted by atomic mass is 16.3. The first-order valence-corrected chi connectivity index (χ1v) is 4.38. The molecule has 1 atom stereocenters. The molecule has 0 spiro atoms. The lowest BCUT2D eigenvalue weighted by molar-refractivity contribution is -0.130. The minimum atomic E-state index is -0.834. The fourth-order valence-electron chi connectivity index (χ4n) is 1.50.